The lowest BCUT2D eigenvalue weighted by Gasteiger charge is -2.41. The molecule has 5 heteroatoms. The quantitative estimate of drug-likeness (QED) is 0.867. The van der Waals surface area contributed by atoms with Gasteiger partial charge in [-0.3, -0.25) is 9.58 Å². The van der Waals surface area contributed by atoms with Gasteiger partial charge in [0.05, 0.1) is 11.7 Å². The zero-order valence-corrected chi connectivity index (χ0v) is 12.6. The van der Waals surface area contributed by atoms with Gasteiger partial charge in [-0.2, -0.15) is 5.10 Å². The largest absolute Gasteiger partial charge is 0.329 e. The van der Waals surface area contributed by atoms with Crippen LogP contribution < -0.4 is 5.73 Å². The van der Waals surface area contributed by atoms with Crippen LogP contribution in [0.1, 0.15) is 31.1 Å². The van der Waals surface area contributed by atoms with Crippen LogP contribution in [0.2, 0.25) is 0 Å². The third-order valence-corrected chi connectivity index (χ3v) is 4.29. The van der Waals surface area contributed by atoms with Gasteiger partial charge in [0.2, 0.25) is 0 Å². The highest BCUT2D eigenvalue weighted by Gasteiger charge is 2.28. The highest BCUT2D eigenvalue weighted by molar-refractivity contribution is 5.22. The van der Waals surface area contributed by atoms with E-state index in [4.69, 9.17) is 5.73 Å². The molecular formula is C14H27N5. The maximum atomic E-state index is 6.06. The van der Waals surface area contributed by atoms with Crippen molar-refractivity contribution < 1.29 is 0 Å². The van der Waals surface area contributed by atoms with E-state index < -0.39 is 0 Å². The fraction of sp³-hybridized carbons (Fsp3) is 0.786. The van der Waals surface area contributed by atoms with E-state index in [1.165, 1.54) is 11.3 Å². The molecule has 2 atom stereocenters. The van der Waals surface area contributed by atoms with Gasteiger partial charge >= 0.3 is 0 Å². The average molecular weight is 265 g/mol. The van der Waals surface area contributed by atoms with Gasteiger partial charge in [-0.05, 0) is 20.4 Å². The molecule has 0 radical (unpaired) electrons. The van der Waals surface area contributed by atoms with Gasteiger partial charge in [0.15, 0.2) is 0 Å². The molecule has 2 rings (SSSR count). The Balaban J connectivity index is 2.19. The summed E-state index contributed by atoms with van der Waals surface area (Å²) in [6.45, 7) is 8.38. The maximum absolute atomic E-state index is 6.06. The van der Waals surface area contributed by atoms with Crippen LogP contribution >= 0.6 is 0 Å². The van der Waals surface area contributed by atoms with E-state index in [9.17, 15) is 0 Å². The number of aryl methyl sites for hydroxylation is 2. The highest BCUT2D eigenvalue weighted by Crippen LogP contribution is 2.25. The molecule has 0 aliphatic carbocycles. The number of hydrogen-bond acceptors (Lipinski definition) is 4. The molecule has 1 aliphatic heterocycles. The molecule has 0 amide bonds. The van der Waals surface area contributed by atoms with Crippen LogP contribution in [0.25, 0.3) is 0 Å². The van der Waals surface area contributed by atoms with Crippen LogP contribution in [0.5, 0.6) is 0 Å². The summed E-state index contributed by atoms with van der Waals surface area (Å²) in [5, 5.41) is 4.55. The Kier molecular flexibility index (Phi) is 4.60. The van der Waals surface area contributed by atoms with Gasteiger partial charge in [0.25, 0.3) is 0 Å². The predicted octanol–water partition coefficient (Wildman–Crippen LogP) is 0.618. The molecule has 19 heavy (non-hydrogen) atoms. The van der Waals surface area contributed by atoms with Crippen LogP contribution in [0.15, 0.2) is 6.20 Å². The lowest BCUT2D eigenvalue weighted by molar-refractivity contribution is 0.0738. The SMILES string of the molecule is CCc1nn(C)cc1C(CN)N1CCN(C)C(C)C1. The molecule has 0 saturated carbocycles. The van der Waals surface area contributed by atoms with E-state index >= 15 is 0 Å². The first kappa shape index (κ1) is 14.5. The minimum absolute atomic E-state index is 0.305. The Bertz CT molecular complexity index is 414. The van der Waals surface area contributed by atoms with Crippen molar-refractivity contribution in [3.63, 3.8) is 0 Å². The van der Waals surface area contributed by atoms with E-state index in [-0.39, 0.29) is 0 Å². The fourth-order valence-electron chi connectivity index (χ4n) is 2.94. The number of nitrogens with two attached hydrogens (primary N) is 1. The standard InChI is InChI=1S/C14H27N5/c1-5-13-12(10-18(4)16-13)14(8-15)19-7-6-17(3)11(2)9-19/h10-11,14H,5-9,15H2,1-4H3. The second-order valence-corrected chi connectivity index (χ2v) is 5.63. The van der Waals surface area contributed by atoms with E-state index in [0.717, 1.165) is 26.1 Å². The summed E-state index contributed by atoms with van der Waals surface area (Å²) in [6.07, 6.45) is 3.11. The van der Waals surface area contributed by atoms with Crippen LogP contribution in [0, 0.1) is 0 Å². The Hall–Kier alpha value is -0.910. The van der Waals surface area contributed by atoms with Gasteiger partial charge in [-0.25, -0.2) is 0 Å². The van der Waals surface area contributed by atoms with Gasteiger partial charge in [-0.1, -0.05) is 6.92 Å². The number of rotatable bonds is 4. The number of hydrogen-bond donors (Lipinski definition) is 1. The fourth-order valence-corrected chi connectivity index (χ4v) is 2.94. The summed E-state index contributed by atoms with van der Waals surface area (Å²) in [5.74, 6) is 0. The van der Waals surface area contributed by atoms with Crippen LogP contribution in [0.3, 0.4) is 0 Å². The topological polar surface area (TPSA) is 50.3 Å². The van der Waals surface area contributed by atoms with Crippen molar-refractivity contribution in [3.8, 4) is 0 Å². The van der Waals surface area contributed by atoms with Gasteiger partial charge in [0, 0.05) is 51.0 Å². The van der Waals surface area contributed by atoms with E-state index in [1.807, 2.05) is 11.7 Å². The monoisotopic (exact) mass is 265 g/mol. The molecule has 1 aromatic heterocycles. The zero-order chi connectivity index (χ0) is 14.0. The first-order chi connectivity index (χ1) is 9.06. The second-order valence-electron chi connectivity index (χ2n) is 5.63. The first-order valence-electron chi connectivity index (χ1n) is 7.23. The molecule has 2 N–H and O–H groups in total. The highest BCUT2D eigenvalue weighted by atomic mass is 15.3. The van der Waals surface area contributed by atoms with E-state index in [2.05, 4.69) is 42.0 Å². The second kappa shape index (κ2) is 6.03. The molecule has 108 valence electrons. The molecule has 5 nitrogen and oxygen atoms in total. The molecule has 2 unspecified atom stereocenters. The van der Waals surface area contributed by atoms with Gasteiger partial charge < -0.3 is 10.6 Å². The van der Waals surface area contributed by atoms with Crippen LogP contribution in [0.4, 0.5) is 0 Å². The molecule has 0 bridgehead atoms. The first-order valence-corrected chi connectivity index (χ1v) is 7.23. The minimum atomic E-state index is 0.305. The Labute approximate surface area is 116 Å². The van der Waals surface area contributed by atoms with Gasteiger partial charge in [-0.15, -0.1) is 0 Å². The van der Waals surface area contributed by atoms with Crippen molar-refractivity contribution in [1.29, 1.82) is 0 Å². The zero-order valence-electron chi connectivity index (χ0n) is 12.6. The maximum Gasteiger partial charge on any atom is 0.0670 e. The molecule has 1 fully saturated rings. The normalized spacial score (nSPS) is 23.7. The summed E-state index contributed by atoms with van der Waals surface area (Å²) in [7, 11) is 4.18. The third-order valence-electron chi connectivity index (χ3n) is 4.29. The smallest absolute Gasteiger partial charge is 0.0670 e. The van der Waals surface area contributed by atoms with Crippen molar-refractivity contribution in [2.75, 3.05) is 33.2 Å². The summed E-state index contributed by atoms with van der Waals surface area (Å²) < 4.78 is 1.91. The summed E-state index contributed by atoms with van der Waals surface area (Å²) in [4.78, 5) is 4.93. The Morgan fingerprint density at radius 1 is 1.42 bits per heavy atom. The molecule has 0 spiro atoms. The number of nitrogens with zero attached hydrogens (tertiary/aromatic N) is 4. The predicted molar refractivity (Wildman–Crippen MR) is 78.0 cm³/mol. The summed E-state index contributed by atoms with van der Waals surface area (Å²) >= 11 is 0. The van der Waals surface area contributed by atoms with Crippen molar-refractivity contribution in [2.24, 2.45) is 12.8 Å². The van der Waals surface area contributed by atoms with Crippen molar-refractivity contribution in [2.45, 2.75) is 32.4 Å². The molecule has 1 aliphatic rings. The van der Waals surface area contributed by atoms with Crippen molar-refractivity contribution in [3.05, 3.63) is 17.5 Å². The van der Waals surface area contributed by atoms with Crippen molar-refractivity contribution in [1.82, 2.24) is 19.6 Å². The minimum Gasteiger partial charge on any atom is -0.329 e. The summed E-state index contributed by atoms with van der Waals surface area (Å²) in [5.41, 5.74) is 8.55. The van der Waals surface area contributed by atoms with Crippen LogP contribution in [-0.2, 0) is 13.5 Å². The lowest BCUT2D eigenvalue weighted by atomic mass is 10.0. The molecular weight excluding hydrogens is 238 g/mol. The van der Waals surface area contributed by atoms with Crippen LogP contribution in [-0.4, -0.2) is 58.8 Å². The van der Waals surface area contributed by atoms with E-state index in [0.29, 0.717) is 18.6 Å². The Morgan fingerprint density at radius 3 is 2.74 bits per heavy atom. The molecule has 2 heterocycles. The Morgan fingerprint density at radius 2 is 2.16 bits per heavy atom. The van der Waals surface area contributed by atoms with Crippen molar-refractivity contribution >= 4 is 0 Å². The van der Waals surface area contributed by atoms with Gasteiger partial charge in [0.1, 0.15) is 0 Å². The number of piperazine rings is 1. The average Bonchev–Trinajstić information content (AvgIpc) is 2.76. The molecule has 1 saturated heterocycles. The molecule has 0 aromatic carbocycles. The number of aromatic nitrogens is 2. The molecule has 1 aromatic rings. The van der Waals surface area contributed by atoms with E-state index in [1.54, 1.807) is 0 Å². The number of likely N-dealkylation sites (N-methyl/N-ethyl adjacent to an activating group) is 1. The third kappa shape index (κ3) is 2.99. The summed E-state index contributed by atoms with van der Waals surface area (Å²) in [6, 6.07) is 0.893. The lowest BCUT2D eigenvalue weighted by Crippen LogP contribution is -2.52.